The van der Waals surface area contributed by atoms with Crippen molar-refractivity contribution in [3.05, 3.63) is 27.1 Å². The van der Waals surface area contributed by atoms with Gasteiger partial charge in [0.25, 0.3) is 0 Å². The predicted molar refractivity (Wildman–Crippen MR) is 80.3 cm³/mol. The fourth-order valence-corrected chi connectivity index (χ4v) is 4.64. The fourth-order valence-electron chi connectivity index (χ4n) is 1.89. The number of rotatable bonds is 3. The van der Waals surface area contributed by atoms with Crippen molar-refractivity contribution >= 4 is 47.6 Å². The zero-order chi connectivity index (χ0) is 13.2. The van der Waals surface area contributed by atoms with Gasteiger partial charge >= 0.3 is 0 Å². The monoisotopic (exact) mass is 396 g/mol. The first-order valence-electron chi connectivity index (χ1n) is 5.66. The van der Waals surface area contributed by atoms with Crippen molar-refractivity contribution in [2.45, 2.75) is 18.1 Å². The van der Waals surface area contributed by atoms with Crippen molar-refractivity contribution in [1.29, 1.82) is 0 Å². The number of nitrogens with one attached hydrogen (secondary N) is 2. The Balaban J connectivity index is 2.16. The topological polar surface area (TPSA) is 58.2 Å². The second kappa shape index (κ2) is 5.90. The Morgan fingerprint density at radius 2 is 2.11 bits per heavy atom. The predicted octanol–water partition coefficient (Wildman–Crippen LogP) is 2.71. The van der Waals surface area contributed by atoms with Crippen LogP contribution in [0.3, 0.4) is 0 Å². The van der Waals surface area contributed by atoms with E-state index in [2.05, 4.69) is 41.9 Å². The maximum atomic E-state index is 12.2. The van der Waals surface area contributed by atoms with Gasteiger partial charge in [0.15, 0.2) is 0 Å². The Labute approximate surface area is 124 Å². The number of hydrogen-bond donors (Lipinski definition) is 2. The SMILES string of the molecule is O=S(=O)(Nc1ccc(Br)cc1Br)C1CCCNC1. The van der Waals surface area contributed by atoms with Crippen LogP contribution >= 0.6 is 31.9 Å². The van der Waals surface area contributed by atoms with Gasteiger partial charge in [0.2, 0.25) is 10.0 Å². The van der Waals surface area contributed by atoms with Crippen LogP contribution in [0.5, 0.6) is 0 Å². The molecule has 0 saturated carbocycles. The first-order chi connectivity index (χ1) is 8.49. The summed E-state index contributed by atoms with van der Waals surface area (Å²) in [6, 6.07) is 5.36. The van der Waals surface area contributed by atoms with Crippen LogP contribution in [-0.4, -0.2) is 26.8 Å². The molecule has 7 heteroatoms. The number of anilines is 1. The van der Waals surface area contributed by atoms with Crippen LogP contribution in [0.1, 0.15) is 12.8 Å². The van der Waals surface area contributed by atoms with Crippen LogP contribution in [0.2, 0.25) is 0 Å². The molecule has 18 heavy (non-hydrogen) atoms. The summed E-state index contributed by atoms with van der Waals surface area (Å²) in [5, 5.41) is 2.75. The number of piperidine rings is 1. The standard InChI is InChI=1S/C11H14Br2N2O2S/c12-8-3-4-11(10(13)6-8)15-18(16,17)9-2-1-5-14-7-9/h3-4,6,9,14-15H,1-2,5,7H2. The highest BCUT2D eigenvalue weighted by molar-refractivity contribution is 9.11. The Kier molecular flexibility index (Phi) is 4.69. The minimum atomic E-state index is -3.33. The van der Waals surface area contributed by atoms with E-state index in [0.717, 1.165) is 21.9 Å². The molecule has 1 aromatic carbocycles. The minimum absolute atomic E-state index is 0.359. The molecule has 0 aromatic heterocycles. The third-order valence-electron chi connectivity index (χ3n) is 2.87. The van der Waals surface area contributed by atoms with Gasteiger partial charge in [0, 0.05) is 15.5 Å². The fraction of sp³-hybridized carbons (Fsp3) is 0.455. The van der Waals surface area contributed by atoms with E-state index in [1.54, 1.807) is 6.07 Å². The Morgan fingerprint density at radius 1 is 1.33 bits per heavy atom. The summed E-state index contributed by atoms with van der Waals surface area (Å²) in [6.45, 7) is 1.41. The largest absolute Gasteiger partial charge is 0.315 e. The summed E-state index contributed by atoms with van der Waals surface area (Å²) in [6.07, 6.45) is 1.60. The molecule has 4 nitrogen and oxygen atoms in total. The smallest absolute Gasteiger partial charge is 0.236 e. The van der Waals surface area contributed by atoms with E-state index in [1.165, 1.54) is 0 Å². The maximum absolute atomic E-state index is 12.2. The molecule has 100 valence electrons. The molecule has 0 radical (unpaired) electrons. The molecule has 1 aromatic rings. The van der Waals surface area contributed by atoms with Crippen molar-refractivity contribution < 1.29 is 8.42 Å². The van der Waals surface area contributed by atoms with Crippen molar-refractivity contribution in [2.24, 2.45) is 0 Å². The average Bonchev–Trinajstić information content (AvgIpc) is 2.34. The van der Waals surface area contributed by atoms with Gasteiger partial charge in [-0.25, -0.2) is 8.42 Å². The second-order valence-electron chi connectivity index (χ2n) is 4.24. The van der Waals surface area contributed by atoms with Gasteiger partial charge < -0.3 is 5.32 Å². The van der Waals surface area contributed by atoms with Gasteiger partial charge in [0.1, 0.15) is 0 Å². The lowest BCUT2D eigenvalue weighted by Crippen LogP contribution is -2.41. The van der Waals surface area contributed by atoms with Crippen molar-refractivity contribution in [2.75, 3.05) is 17.8 Å². The Hall–Kier alpha value is -0.110. The van der Waals surface area contributed by atoms with E-state index < -0.39 is 10.0 Å². The van der Waals surface area contributed by atoms with Gasteiger partial charge in [-0.2, -0.15) is 0 Å². The lowest BCUT2D eigenvalue weighted by atomic mass is 10.2. The van der Waals surface area contributed by atoms with Gasteiger partial charge in [-0.15, -0.1) is 0 Å². The van der Waals surface area contributed by atoms with Crippen LogP contribution in [0.25, 0.3) is 0 Å². The summed E-state index contributed by atoms with van der Waals surface area (Å²) in [7, 11) is -3.33. The van der Waals surface area contributed by atoms with E-state index >= 15 is 0 Å². The average molecular weight is 398 g/mol. The van der Waals surface area contributed by atoms with Crippen molar-refractivity contribution in [3.63, 3.8) is 0 Å². The van der Waals surface area contributed by atoms with Crippen molar-refractivity contribution in [3.8, 4) is 0 Å². The second-order valence-corrected chi connectivity index (χ2v) is 7.97. The normalized spacial score (nSPS) is 20.7. The molecule has 1 atom stereocenters. The molecular formula is C11H14Br2N2O2S. The summed E-state index contributed by atoms with van der Waals surface area (Å²) in [5.74, 6) is 0. The van der Waals surface area contributed by atoms with Crippen LogP contribution in [0, 0.1) is 0 Å². The first kappa shape index (κ1) is 14.3. The van der Waals surface area contributed by atoms with Gasteiger partial charge in [0.05, 0.1) is 10.9 Å². The third kappa shape index (κ3) is 3.46. The molecular weight excluding hydrogens is 384 g/mol. The summed E-state index contributed by atoms with van der Waals surface area (Å²) < 4.78 is 28.7. The molecule has 0 bridgehead atoms. The number of hydrogen-bond acceptors (Lipinski definition) is 3. The highest BCUT2D eigenvalue weighted by Crippen LogP contribution is 2.28. The molecule has 2 N–H and O–H groups in total. The molecule has 1 aliphatic heterocycles. The zero-order valence-electron chi connectivity index (χ0n) is 9.62. The molecule has 1 heterocycles. The van der Waals surface area contributed by atoms with E-state index in [-0.39, 0.29) is 5.25 Å². The molecule has 0 amide bonds. The maximum Gasteiger partial charge on any atom is 0.236 e. The summed E-state index contributed by atoms with van der Waals surface area (Å²) in [5.41, 5.74) is 0.573. The molecule has 1 fully saturated rings. The molecule has 1 unspecified atom stereocenters. The molecule has 0 aliphatic carbocycles. The summed E-state index contributed by atoms with van der Waals surface area (Å²) >= 11 is 6.69. The van der Waals surface area contributed by atoms with Gasteiger partial charge in [-0.3, -0.25) is 4.72 Å². The third-order valence-corrected chi connectivity index (χ3v) is 5.81. The lowest BCUT2D eigenvalue weighted by Gasteiger charge is -2.23. The van der Waals surface area contributed by atoms with Crippen LogP contribution in [0.15, 0.2) is 27.1 Å². The van der Waals surface area contributed by atoms with E-state index in [1.807, 2.05) is 12.1 Å². The number of benzene rings is 1. The van der Waals surface area contributed by atoms with E-state index in [0.29, 0.717) is 18.7 Å². The minimum Gasteiger partial charge on any atom is -0.315 e. The number of sulfonamides is 1. The van der Waals surface area contributed by atoms with Gasteiger partial charge in [-0.1, -0.05) is 15.9 Å². The Morgan fingerprint density at radius 3 is 2.72 bits per heavy atom. The first-order valence-corrected chi connectivity index (χ1v) is 8.80. The van der Waals surface area contributed by atoms with Crippen LogP contribution in [0.4, 0.5) is 5.69 Å². The molecule has 1 saturated heterocycles. The van der Waals surface area contributed by atoms with Crippen LogP contribution in [-0.2, 0) is 10.0 Å². The van der Waals surface area contributed by atoms with E-state index in [9.17, 15) is 8.42 Å². The van der Waals surface area contributed by atoms with Gasteiger partial charge in [-0.05, 0) is 53.5 Å². The van der Waals surface area contributed by atoms with Crippen molar-refractivity contribution in [1.82, 2.24) is 5.32 Å². The van der Waals surface area contributed by atoms with E-state index in [4.69, 9.17) is 0 Å². The highest BCUT2D eigenvalue weighted by atomic mass is 79.9. The highest BCUT2D eigenvalue weighted by Gasteiger charge is 2.27. The molecule has 0 spiro atoms. The Bertz CT molecular complexity index is 528. The summed E-state index contributed by atoms with van der Waals surface area (Å²) in [4.78, 5) is 0. The lowest BCUT2D eigenvalue weighted by molar-refractivity contribution is 0.499. The molecule has 1 aliphatic rings. The molecule has 2 rings (SSSR count). The number of halogens is 2. The zero-order valence-corrected chi connectivity index (χ0v) is 13.6. The quantitative estimate of drug-likeness (QED) is 0.824. The van der Waals surface area contributed by atoms with Crippen LogP contribution < -0.4 is 10.0 Å².